The number of nitrogens with zero attached hydrogens (tertiary/aromatic N) is 1. The van der Waals surface area contributed by atoms with Gasteiger partial charge in [-0.25, -0.2) is 4.79 Å². The lowest BCUT2D eigenvalue weighted by atomic mass is 10.1. The monoisotopic (exact) mass is 300 g/mol. The summed E-state index contributed by atoms with van der Waals surface area (Å²) in [5.41, 5.74) is 0. The zero-order valence-corrected chi connectivity index (χ0v) is 13.3. The molecule has 1 fully saturated rings. The van der Waals surface area contributed by atoms with Gasteiger partial charge in [0.15, 0.2) is 0 Å². The van der Waals surface area contributed by atoms with Gasteiger partial charge in [0, 0.05) is 38.8 Å². The number of amides is 3. The first-order valence-corrected chi connectivity index (χ1v) is 7.64. The summed E-state index contributed by atoms with van der Waals surface area (Å²) < 4.78 is 4.83. The van der Waals surface area contributed by atoms with E-state index in [1.165, 1.54) is 0 Å². The molecule has 0 spiro atoms. The van der Waals surface area contributed by atoms with Crippen molar-refractivity contribution in [1.82, 2.24) is 20.9 Å². The van der Waals surface area contributed by atoms with Gasteiger partial charge in [-0.3, -0.25) is 15.0 Å². The van der Waals surface area contributed by atoms with Crippen molar-refractivity contribution in [3.05, 3.63) is 0 Å². The Labute approximate surface area is 126 Å². The molecule has 1 heterocycles. The number of carbonyl (C=O) groups is 2. The SMILES string of the molecule is CCC1CN(CC(=O)NC(=O)NCCOC)C(CC)CN1. The molecular weight excluding hydrogens is 272 g/mol. The van der Waals surface area contributed by atoms with Crippen LogP contribution in [0.1, 0.15) is 26.7 Å². The van der Waals surface area contributed by atoms with E-state index in [4.69, 9.17) is 4.74 Å². The van der Waals surface area contributed by atoms with Crippen molar-refractivity contribution >= 4 is 11.9 Å². The Kier molecular flexibility index (Phi) is 8.26. The number of imide groups is 1. The number of hydrogen-bond donors (Lipinski definition) is 3. The van der Waals surface area contributed by atoms with Crippen molar-refractivity contribution in [2.24, 2.45) is 0 Å². The van der Waals surface area contributed by atoms with E-state index in [1.807, 2.05) is 0 Å². The second kappa shape index (κ2) is 9.70. The summed E-state index contributed by atoms with van der Waals surface area (Å²) in [6.45, 7) is 7.05. The number of ether oxygens (including phenoxy) is 1. The molecule has 3 N–H and O–H groups in total. The average molecular weight is 300 g/mol. The van der Waals surface area contributed by atoms with E-state index >= 15 is 0 Å². The quantitative estimate of drug-likeness (QED) is 0.573. The molecule has 0 saturated carbocycles. The number of piperazine rings is 1. The minimum Gasteiger partial charge on any atom is -0.383 e. The summed E-state index contributed by atoms with van der Waals surface area (Å²) >= 11 is 0. The third-order valence-electron chi connectivity index (χ3n) is 3.77. The van der Waals surface area contributed by atoms with Gasteiger partial charge in [-0.15, -0.1) is 0 Å². The summed E-state index contributed by atoms with van der Waals surface area (Å²) in [5.74, 6) is -0.264. The Morgan fingerprint density at radius 2 is 2.10 bits per heavy atom. The molecule has 21 heavy (non-hydrogen) atoms. The molecule has 1 saturated heterocycles. The van der Waals surface area contributed by atoms with Gasteiger partial charge in [0.25, 0.3) is 0 Å². The van der Waals surface area contributed by atoms with E-state index in [9.17, 15) is 9.59 Å². The summed E-state index contributed by atoms with van der Waals surface area (Å²) in [6, 6.07) is 0.290. The molecule has 2 atom stereocenters. The lowest BCUT2D eigenvalue weighted by Gasteiger charge is -2.39. The topological polar surface area (TPSA) is 82.7 Å². The highest BCUT2D eigenvalue weighted by Crippen LogP contribution is 2.11. The van der Waals surface area contributed by atoms with Gasteiger partial charge in [-0.1, -0.05) is 13.8 Å². The van der Waals surface area contributed by atoms with Crippen LogP contribution in [-0.2, 0) is 9.53 Å². The zero-order chi connectivity index (χ0) is 15.7. The van der Waals surface area contributed by atoms with Crippen LogP contribution in [-0.4, -0.2) is 68.8 Å². The van der Waals surface area contributed by atoms with Crippen LogP contribution < -0.4 is 16.0 Å². The molecule has 7 heteroatoms. The lowest BCUT2D eigenvalue weighted by Crippen LogP contribution is -2.58. The molecule has 2 unspecified atom stereocenters. The maximum absolute atomic E-state index is 11.9. The highest BCUT2D eigenvalue weighted by Gasteiger charge is 2.27. The third kappa shape index (κ3) is 6.41. The second-order valence-corrected chi connectivity index (χ2v) is 5.30. The highest BCUT2D eigenvalue weighted by molar-refractivity contribution is 5.95. The average Bonchev–Trinajstić information content (AvgIpc) is 2.47. The molecule has 3 amide bonds. The molecule has 0 aromatic rings. The number of urea groups is 1. The maximum atomic E-state index is 11.9. The van der Waals surface area contributed by atoms with Gasteiger partial charge in [-0.2, -0.15) is 0 Å². The number of nitrogens with one attached hydrogen (secondary N) is 3. The number of rotatable bonds is 7. The first-order chi connectivity index (χ1) is 10.1. The minimum atomic E-state index is -0.465. The molecule has 1 aliphatic rings. The van der Waals surface area contributed by atoms with Crippen molar-refractivity contribution in [3.8, 4) is 0 Å². The van der Waals surface area contributed by atoms with Gasteiger partial charge in [0.2, 0.25) is 5.91 Å². The normalized spacial score (nSPS) is 22.8. The van der Waals surface area contributed by atoms with E-state index in [1.54, 1.807) is 7.11 Å². The smallest absolute Gasteiger partial charge is 0.321 e. The van der Waals surface area contributed by atoms with Crippen LogP contribution in [0.3, 0.4) is 0 Å². The van der Waals surface area contributed by atoms with Crippen LogP contribution in [0.5, 0.6) is 0 Å². The van der Waals surface area contributed by atoms with Crippen molar-refractivity contribution in [2.75, 3.05) is 39.9 Å². The van der Waals surface area contributed by atoms with Crippen LogP contribution in [0.15, 0.2) is 0 Å². The zero-order valence-electron chi connectivity index (χ0n) is 13.3. The largest absolute Gasteiger partial charge is 0.383 e. The molecule has 7 nitrogen and oxygen atoms in total. The second-order valence-electron chi connectivity index (χ2n) is 5.30. The Balaban J connectivity index is 2.38. The standard InChI is InChI=1S/C14H28N4O3/c1-4-11-9-18(12(5-2)8-16-11)10-13(19)17-14(20)15-6-7-21-3/h11-12,16H,4-10H2,1-3H3,(H2,15,17,19,20). The minimum absolute atomic E-state index is 0.258. The fourth-order valence-corrected chi connectivity index (χ4v) is 2.46. The molecule has 122 valence electrons. The van der Waals surface area contributed by atoms with Crippen LogP contribution in [0.2, 0.25) is 0 Å². The van der Waals surface area contributed by atoms with Crippen molar-refractivity contribution in [3.63, 3.8) is 0 Å². The van der Waals surface area contributed by atoms with Crippen molar-refractivity contribution in [1.29, 1.82) is 0 Å². The fourth-order valence-electron chi connectivity index (χ4n) is 2.46. The summed E-state index contributed by atoms with van der Waals surface area (Å²) in [5, 5.41) is 8.41. The van der Waals surface area contributed by atoms with Gasteiger partial charge < -0.3 is 15.4 Å². The highest BCUT2D eigenvalue weighted by atomic mass is 16.5. The van der Waals surface area contributed by atoms with E-state index in [0.717, 1.165) is 25.9 Å². The van der Waals surface area contributed by atoms with E-state index in [0.29, 0.717) is 25.2 Å². The third-order valence-corrected chi connectivity index (χ3v) is 3.77. The van der Waals surface area contributed by atoms with Gasteiger partial charge in [0.1, 0.15) is 0 Å². The van der Waals surface area contributed by atoms with Crippen LogP contribution in [0.25, 0.3) is 0 Å². The Morgan fingerprint density at radius 1 is 1.33 bits per heavy atom. The number of hydrogen-bond acceptors (Lipinski definition) is 5. The molecule has 0 aliphatic carbocycles. The van der Waals surface area contributed by atoms with Gasteiger partial charge in [-0.05, 0) is 12.8 Å². The predicted molar refractivity (Wildman–Crippen MR) is 81.2 cm³/mol. The molecular formula is C14H28N4O3. The summed E-state index contributed by atoms with van der Waals surface area (Å²) in [4.78, 5) is 25.6. The summed E-state index contributed by atoms with van der Waals surface area (Å²) in [7, 11) is 1.56. The number of carbonyl (C=O) groups excluding carboxylic acids is 2. The molecule has 1 aliphatic heterocycles. The predicted octanol–water partition coefficient (Wildman–Crippen LogP) is -0.0790. The maximum Gasteiger partial charge on any atom is 0.321 e. The lowest BCUT2D eigenvalue weighted by molar-refractivity contribution is -0.122. The van der Waals surface area contributed by atoms with Crippen molar-refractivity contribution < 1.29 is 14.3 Å². The molecule has 0 radical (unpaired) electrons. The number of methoxy groups -OCH3 is 1. The first-order valence-electron chi connectivity index (χ1n) is 7.64. The summed E-state index contributed by atoms with van der Waals surface area (Å²) in [6.07, 6.45) is 2.02. The Hall–Kier alpha value is -1.18. The first kappa shape index (κ1) is 17.9. The van der Waals surface area contributed by atoms with E-state index < -0.39 is 6.03 Å². The molecule has 0 aromatic heterocycles. The van der Waals surface area contributed by atoms with Crippen LogP contribution in [0, 0.1) is 0 Å². The molecule has 1 rings (SSSR count). The molecule has 0 bridgehead atoms. The van der Waals surface area contributed by atoms with E-state index in [2.05, 4.69) is 34.7 Å². The van der Waals surface area contributed by atoms with Crippen molar-refractivity contribution in [2.45, 2.75) is 38.8 Å². The Morgan fingerprint density at radius 3 is 2.71 bits per heavy atom. The van der Waals surface area contributed by atoms with Gasteiger partial charge in [0.05, 0.1) is 13.2 Å². The fraction of sp³-hybridized carbons (Fsp3) is 0.857. The van der Waals surface area contributed by atoms with E-state index in [-0.39, 0.29) is 12.5 Å². The van der Waals surface area contributed by atoms with Gasteiger partial charge >= 0.3 is 6.03 Å². The Bertz CT molecular complexity index is 338. The molecule has 0 aromatic carbocycles. The van der Waals surface area contributed by atoms with Crippen LogP contribution in [0.4, 0.5) is 4.79 Å². The van der Waals surface area contributed by atoms with Crippen LogP contribution >= 0.6 is 0 Å².